The molecule has 1 aromatic heterocycles. The van der Waals surface area contributed by atoms with E-state index in [9.17, 15) is 4.79 Å². The third-order valence-corrected chi connectivity index (χ3v) is 5.82. The molecule has 156 valence electrons. The summed E-state index contributed by atoms with van der Waals surface area (Å²) in [5.41, 5.74) is 8.31. The van der Waals surface area contributed by atoms with Gasteiger partial charge in [-0.05, 0) is 47.9 Å². The van der Waals surface area contributed by atoms with Crippen LogP contribution < -0.4 is 20.5 Å². The summed E-state index contributed by atoms with van der Waals surface area (Å²) < 4.78 is 12.7. The maximum atomic E-state index is 13.4. The first-order valence-corrected chi connectivity index (χ1v) is 10.2. The first-order chi connectivity index (χ1) is 15.1. The summed E-state index contributed by atoms with van der Waals surface area (Å²) in [7, 11) is 3.25. The molecule has 0 aliphatic carbocycles. The summed E-state index contributed by atoms with van der Waals surface area (Å²) >= 11 is 0. The van der Waals surface area contributed by atoms with Crippen molar-refractivity contribution in [2.45, 2.75) is 19.4 Å². The molecule has 6 heteroatoms. The van der Waals surface area contributed by atoms with Crippen molar-refractivity contribution in [1.82, 2.24) is 9.66 Å². The summed E-state index contributed by atoms with van der Waals surface area (Å²) in [4.78, 5) is 18.2. The number of aromatic nitrogens is 2. The van der Waals surface area contributed by atoms with Gasteiger partial charge in [0.2, 0.25) is 0 Å². The summed E-state index contributed by atoms with van der Waals surface area (Å²) in [5, 5.41) is 0.586. The molecule has 3 aromatic carbocycles. The number of fused-ring (bicyclic) bond motifs is 3. The van der Waals surface area contributed by atoms with Crippen LogP contribution in [-0.4, -0.2) is 23.9 Å². The molecule has 2 heterocycles. The third kappa shape index (κ3) is 3.20. The van der Waals surface area contributed by atoms with Crippen LogP contribution in [-0.2, 0) is 6.42 Å². The SMILES string of the molecule is COc1cc2c(cc1OC)C(c1ccc(C)cc1)Nn1c(nc3ccccc3c1=O)C2. The van der Waals surface area contributed by atoms with Crippen molar-refractivity contribution in [3.8, 4) is 11.5 Å². The Bertz CT molecular complexity index is 1340. The van der Waals surface area contributed by atoms with E-state index in [-0.39, 0.29) is 11.6 Å². The number of ether oxygens (including phenoxy) is 2. The predicted octanol–water partition coefficient (Wildman–Crippen LogP) is 3.96. The smallest absolute Gasteiger partial charge is 0.279 e. The molecule has 0 bridgehead atoms. The molecule has 0 saturated heterocycles. The summed E-state index contributed by atoms with van der Waals surface area (Å²) in [6.45, 7) is 2.06. The second kappa shape index (κ2) is 7.47. The zero-order chi connectivity index (χ0) is 21.5. The maximum Gasteiger partial charge on any atom is 0.279 e. The van der Waals surface area contributed by atoms with Crippen LogP contribution in [0.3, 0.4) is 0 Å². The molecule has 6 nitrogen and oxygen atoms in total. The first kappa shape index (κ1) is 19.2. The second-order valence-electron chi connectivity index (χ2n) is 7.74. The van der Waals surface area contributed by atoms with Gasteiger partial charge in [0, 0.05) is 6.42 Å². The van der Waals surface area contributed by atoms with Gasteiger partial charge in [0.15, 0.2) is 11.5 Å². The molecule has 1 aliphatic rings. The van der Waals surface area contributed by atoms with Gasteiger partial charge in [-0.25, -0.2) is 9.66 Å². The van der Waals surface area contributed by atoms with Gasteiger partial charge in [-0.1, -0.05) is 42.0 Å². The molecule has 31 heavy (non-hydrogen) atoms. The molecule has 1 N–H and O–H groups in total. The van der Waals surface area contributed by atoms with Crippen LogP contribution in [0.4, 0.5) is 0 Å². The van der Waals surface area contributed by atoms with E-state index in [2.05, 4.69) is 36.6 Å². The highest BCUT2D eigenvalue weighted by molar-refractivity contribution is 5.77. The molecule has 0 amide bonds. The lowest BCUT2D eigenvalue weighted by Gasteiger charge is -2.23. The Kier molecular flexibility index (Phi) is 4.62. The first-order valence-electron chi connectivity index (χ1n) is 10.2. The number of methoxy groups -OCH3 is 2. The molecule has 5 rings (SSSR count). The van der Waals surface area contributed by atoms with Gasteiger partial charge >= 0.3 is 0 Å². The van der Waals surface area contributed by atoms with Crippen molar-refractivity contribution in [2.75, 3.05) is 19.6 Å². The van der Waals surface area contributed by atoms with Crippen molar-refractivity contribution < 1.29 is 9.47 Å². The summed E-state index contributed by atoms with van der Waals surface area (Å²) in [5.74, 6) is 1.96. The van der Waals surface area contributed by atoms with Crippen molar-refractivity contribution in [3.63, 3.8) is 0 Å². The molecule has 0 saturated carbocycles. The second-order valence-corrected chi connectivity index (χ2v) is 7.74. The van der Waals surface area contributed by atoms with E-state index in [1.54, 1.807) is 18.9 Å². The zero-order valence-corrected chi connectivity index (χ0v) is 17.7. The number of nitrogens with zero attached hydrogens (tertiary/aromatic N) is 2. The van der Waals surface area contributed by atoms with E-state index in [0.29, 0.717) is 34.6 Å². The third-order valence-electron chi connectivity index (χ3n) is 5.82. The average molecular weight is 413 g/mol. The number of benzene rings is 3. The number of hydrogen-bond donors (Lipinski definition) is 1. The number of hydrogen-bond acceptors (Lipinski definition) is 5. The van der Waals surface area contributed by atoms with E-state index in [1.807, 2.05) is 36.4 Å². The lowest BCUT2D eigenvalue weighted by molar-refractivity contribution is 0.354. The minimum atomic E-state index is -0.252. The van der Waals surface area contributed by atoms with Gasteiger partial charge in [-0.3, -0.25) is 4.79 Å². The Labute approximate surface area is 180 Å². The minimum Gasteiger partial charge on any atom is -0.493 e. The molecular formula is C25H23N3O3. The monoisotopic (exact) mass is 413 g/mol. The number of para-hydroxylation sites is 1. The van der Waals surface area contributed by atoms with Gasteiger partial charge in [0.05, 0.1) is 31.2 Å². The van der Waals surface area contributed by atoms with E-state index in [4.69, 9.17) is 14.5 Å². The molecule has 4 aromatic rings. The topological polar surface area (TPSA) is 65.4 Å². The number of nitrogens with one attached hydrogen (secondary N) is 1. The van der Waals surface area contributed by atoms with E-state index < -0.39 is 0 Å². The predicted molar refractivity (Wildman–Crippen MR) is 121 cm³/mol. The van der Waals surface area contributed by atoms with E-state index in [1.165, 1.54) is 5.56 Å². The Balaban J connectivity index is 1.78. The van der Waals surface area contributed by atoms with E-state index in [0.717, 1.165) is 16.7 Å². The van der Waals surface area contributed by atoms with Gasteiger partial charge in [-0.2, -0.15) is 0 Å². The van der Waals surface area contributed by atoms with Crippen molar-refractivity contribution in [1.29, 1.82) is 0 Å². The Hall–Kier alpha value is -3.80. The normalized spacial score (nSPS) is 14.9. The molecule has 0 radical (unpaired) electrons. The Morgan fingerprint density at radius 1 is 1.00 bits per heavy atom. The Morgan fingerprint density at radius 3 is 2.45 bits per heavy atom. The van der Waals surface area contributed by atoms with E-state index >= 15 is 0 Å². The van der Waals surface area contributed by atoms with Gasteiger partial charge in [-0.15, -0.1) is 0 Å². The zero-order valence-electron chi connectivity index (χ0n) is 17.7. The van der Waals surface area contributed by atoms with Crippen LogP contribution in [0.15, 0.2) is 65.5 Å². The molecule has 1 unspecified atom stereocenters. The van der Waals surface area contributed by atoms with Gasteiger partial charge in [0.1, 0.15) is 5.82 Å². The van der Waals surface area contributed by atoms with Gasteiger partial charge < -0.3 is 14.9 Å². The maximum absolute atomic E-state index is 13.4. The summed E-state index contributed by atoms with van der Waals surface area (Å²) in [6, 6.07) is 19.5. The largest absolute Gasteiger partial charge is 0.493 e. The fourth-order valence-corrected chi connectivity index (χ4v) is 4.17. The van der Waals surface area contributed by atoms with Crippen LogP contribution in [0.25, 0.3) is 10.9 Å². The van der Waals surface area contributed by atoms with Crippen LogP contribution in [0.2, 0.25) is 0 Å². The number of aryl methyl sites for hydroxylation is 1. The number of rotatable bonds is 3. The van der Waals surface area contributed by atoms with Gasteiger partial charge in [0.25, 0.3) is 5.56 Å². The molecule has 0 fully saturated rings. The van der Waals surface area contributed by atoms with Crippen molar-refractivity contribution in [3.05, 3.63) is 99.1 Å². The lowest BCUT2D eigenvalue weighted by atomic mass is 9.92. The fraction of sp³-hybridized carbons (Fsp3) is 0.200. The molecular weight excluding hydrogens is 390 g/mol. The molecule has 1 aliphatic heterocycles. The molecule has 0 spiro atoms. The van der Waals surface area contributed by atoms with Crippen LogP contribution in [0.5, 0.6) is 11.5 Å². The van der Waals surface area contributed by atoms with Crippen molar-refractivity contribution >= 4 is 10.9 Å². The standard InChI is InChI=1S/C25H23N3O3/c1-15-8-10-16(11-9-15)24-19-14-22(31-3)21(30-2)12-17(19)13-23-26-20-7-5-4-6-18(20)25(29)28(23)27-24/h4-12,14,24,27H,13H2,1-3H3. The minimum absolute atomic E-state index is 0.107. The highest BCUT2D eigenvalue weighted by Gasteiger charge is 2.27. The van der Waals surface area contributed by atoms with Crippen LogP contribution in [0.1, 0.15) is 34.1 Å². The fourth-order valence-electron chi connectivity index (χ4n) is 4.17. The summed E-state index contributed by atoms with van der Waals surface area (Å²) in [6.07, 6.45) is 0.491. The lowest BCUT2D eigenvalue weighted by Crippen LogP contribution is -2.34. The van der Waals surface area contributed by atoms with Crippen LogP contribution >= 0.6 is 0 Å². The molecule has 1 atom stereocenters. The Morgan fingerprint density at radius 2 is 1.71 bits per heavy atom. The van der Waals surface area contributed by atoms with Crippen LogP contribution in [0, 0.1) is 6.92 Å². The van der Waals surface area contributed by atoms with Crippen molar-refractivity contribution in [2.24, 2.45) is 0 Å². The highest BCUT2D eigenvalue weighted by Crippen LogP contribution is 2.38. The highest BCUT2D eigenvalue weighted by atomic mass is 16.5. The quantitative estimate of drug-likeness (QED) is 0.551. The average Bonchev–Trinajstić information content (AvgIpc) is 2.95.